The van der Waals surface area contributed by atoms with Crippen LogP contribution in [0.3, 0.4) is 0 Å². The molecular weight excluding hydrogens is 252 g/mol. The van der Waals surface area contributed by atoms with Crippen LogP contribution in [0.15, 0.2) is 11.6 Å². The Balaban J connectivity index is 2.01. The van der Waals surface area contributed by atoms with Crippen molar-refractivity contribution in [2.45, 2.75) is 90.3 Å². The van der Waals surface area contributed by atoms with E-state index in [2.05, 4.69) is 6.92 Å². The number of carbonyl (C=O) groups is 1. The zero-order valence-corrected chi connectivity index (χ0v) is 13.1. The Kier molecular flexibility index (Phi) is 8.59. The maximum atomic E-state index is 11.4. The quantitative estimate of drug-likeness (QED) is 0.372. The van der Waals surface area contributed by atoms with Crippen molar-refractivity contribution in [2.75, 3.05) is 0 Å². The summed E-state index contributed by atoms with van der Waals surface area (Å²) < 4.78 is 4.97. The molecule has 0 saturated carbocycles. The molecule has 2 atom stereocenters. The third kappa shape index (κ3) is 6.08. The van der Waals surface area contributed by atoms with Crippen LogP contribution in [-0.4, -0.2) is 23.3 Å². The first-order valence-electron chi connectivity index (χ1n) is 8.26. The lowest BCUT2D eigenvalue weighted by Crippen LogP contribution is -2.17. The molecule has 0 aromatic heterocycles. The van der Waals surface area contributed by atoms with Crippen molar-refractivity contribution in [2.24, 2.45) is 0 Å². The number of esters is 1. The van der Waals surface area contributed by atoms with Gasteiger partial charge in [0.15, 0.2) is 0 Å². The summed E-state index contributed by atoms with van der Waals surface area (Å²) >= 11 is 0. The molecule has 1 aliphatic rings. The maximum absolute atomic E-state index is 11.4. The fraction of sp³-hybridized carbons (Fsp3) is 0.824. The van der Waals surface area contributed by atoms with E-state index in [4.69, 9.17) is 4.74 Å². The van der Waals surface area contributed by atoms with Crippen LogP contribution >= 0.6 is 0 Å². The number of unbranched alkanes of at least 4 members (excludes halogenated alkanes) is 9. The highest BCUT2D eigenvalue weighted by atomic mass is 16.6. The first kappa shape index (κ1) is 17.2. The molecule has 3 heteroatoms. The molecule has 1 saturated heterocycles. The van der Waals surface area contributed by atoms with Crippen molar-refractivity contribution in [3.8, 4) is 0 Å². The van der Waals surface area contributed by atoms with Gasteiger partial charge in [-0.25, -0.2) is 4.79 Å². The van der Waals surface area contributed by atoms with Crippen LogP contribution in [-0.2, 0) is 9.53 Å². The topological polar surface area (TPSA) is 46.5 Å². The SMILES string of the molecule is CCCCCCCCCCC/C=C1/C(=O)O[C@H](C)[C@@H]1O. The molecule has 0 aliphatic carbocycles. The molecule has 1 aliphatic heterocycles. The highest BCUT2D eigenvalue weighted by molar-refractivity contribution is 5.92. The van der Waals surface area contributed by atoms with E-state index in [0.29, 0.717) is 5.57 Å². The molecule has 0 bridgehead atoms. The number of cyclic esters (lactones) is 1. The molecule has 20 heavy (non-hydrogen) atoms. The van der Waals surface area contributed by atoms with Crippen molar-refractivity contribution in [1.82, 2.24) is 0 Å². The number of carbonyl (C=O) groups excluding carboxylic acids is 1. The van der Waals surface area contributed by atoms with Gasteiger partial charge in [0.2, 0.25) is 0 Å². The van der Waals surface area contributed by atoms with Gasteiger partial charge in [0.25, 0.3) is 0 Å². The van der Waals surface area contributed by atoms with Gasteiger partial charge >= 0.3 is 5.97 Å². The van der Waals surface area contributed by atoms with Gasteiger partial charge in [-0.15, -0.1) is 0 Å². The Labute approximate surface area is 123 Å². The highest BCUT2D eigenvalue weighted by Gasteiger charge is 2.34. The van der Waals surface area contributed by atoms with Gasteiger partial charge in [-0.2, -0.15) is 0 Å². The zero-order chi connectivity index (χ0) is 14.8. The lowest BCUT2D eigenvalue weighted by Gasteiger charge is -2.04. The van der Waals surface area contributed by atoms with E-state index in [1.165, 1.54) is 51.4 Å². The van der Waals surface area contributed by atoms with Gasteiger partial charge in [-0.3, -0.25) is 0 Å². The van der Waals surface area contributed by atoms with Crippen LogP contribution in [0.2, 0.25) is 0 Å². The third-order valence-corrected chi connectivity index (χ3v) is 3.96. The van der Waals surface area contributed by atoms with E-state index in [-0.39, 0.29) is 5.97 Å². The van der Waals surface area contributed by atoms with E-state index in [1.54, 1.807) is 6.92 Å². The molecule has 1 N–H and O–H groups in total. The number of ether oxygens (including phenoxy) is 1. The number of hydrogen-bond donors (Lipinski definition) is 1. The predicted molar refractivity (Wildman–Crippen MR) is 81.5 cm³/mol. The van der Waals surface area contributed by atoms with Crippen LogP contribution in [0.5, 0.6) is 0 Å². The van der Waals surface area contributed by atoms with Gasteiger partial charge in [-0.05, 0) is 19.8 Å². The first-order chi connectivity index (χ1) is 9.66. The number of rotatable bonds is 10. The minimum Gasteiger partial charge on any atom is -0.456 e. The molecular formula is C17H30O3. The summed E-state index contributed by atoms with van der Waals surface area (Å²) in [4.78, 5) is 11.4. The minimum atomic E-state index is -0.735. The number of aliphatic hydroxyl groups is 1. The Morgan fingerprint density at radius 2 is 1.60 bits per heavy atom. The summed E-state index contributed by atoms with van der Waals surface area (Å²) in [5, 5.41) is 9.76. The average molecular weight is 282 g/mol. The largest absolute Gasteiger partial charge is 0.456 e. The van der Waals surface area contributed by atoms with Crippen molar-refractivity contribution < 1.29 is 14.6 Å². The first-order valence-corrected chi connectivity index (χ1v) is 8.26. The molecule has 1 fully saturated rings. The second-order valence-corrected chi connectivity index (χ2v) is 5.83. The average Bonchev–Trinajstić information content (AvgIpc) is 2.67. The van der Waals surface area contributed by atoms with Crippen molar-refractivity contribution in [3.05, 3.63) is 11.6 Å². The molecule has 0 radical (unpaired) electrons. The zero-order valence-electron chi connectivity index (χ0n) is 13.1. The number of hydrogen-bond acceptors (Lipinski definition) is 3. The number of aliphatic hydroxyl groups excluding tert-OH is 1. The Morgan fingerprint density at radius 1 is 1.05 bits per heavy atom. The smallest absolute Gasteiger partial charge is 0.336 e. The molecule has 0 aromatic rings. The summed E-state index contributed by atoms with van der Waals surface area (Å²) in [7, 11) is 0. The third-order valence-electron chi connectivity index (χ3n) is 3.96. The van der Waals surface area contributed by atoms with E-state index in [9.17, 15) is 9.90 Å². The van der Waals surface area contributed by atoms with Crippen molar-refractivity contribution in [3.63, 3.8) is 0 Å². The van der Waals surface area contributed by atoms with Crippen LogP contribution in [0.25, 0.3) is 0 Å². The molecule has 1 heterocycles. The van der Waals surface area contributed by atoms with Crippen LogP contribution < -0.4 is 0 Å². The minimum absolute atomic E-state index is 0.346. The number of allylic oxidation sites excluding steroid dienone is 1. The molecule has 1 rings (SSSR count). The van der Waals surface area contributed by atoms with Crippen molar-refractivity contribution in [1.29, 1.82) is 0 Å². The molecule has 0 unspecified atom stereocenters. The van der Waals surface area contributed by atoms with Gasteiger partial charge in [0.1, 0.15) is 12.2 Å². The van der Waals surface area contributed by atoms with Gasteiger partial charge in [0, 0.05) is 0 Å². The summed E-state index contributed by atoms with van der Waals surface area (Å²) in [6.07, 6.45) is 13.3. The van der Waals surface area contributed by atoms with E-state index < -0.39 is 12.2 Å². The second kappa shape index (κ2) is 9.98. The Morgan fingerprint density at radius 3 is 2.10 bits per heavy atom. The van der Waals surface area contributed by atoms with Crippen LogP contribution in [0.4, 0.5) is 0 Å². The molecule has 0 aromatic carbocycles. The second-order valence-electron chi connectivity index (χ2n) is 5.83. The van der Waals surface area contributed by atoms with Gasteiger partial charge in [0.05, 0.1) is 5.57 Å². The van der Waals surface area contributed by atoms with E-state index in [0.717, 1.165) is 12.8 Å². The lowest BCUT2D eigenvalue weighted by molar-refractivity contribution is -0.138. The molecule has 116 valence electrons. The van der Waals surface area contributed by atoms with E-state index >= 15 is 0 Å². The monoisotopic (exact) mass is 282 g/mol. The molecule has 0 spiro atoms. The van der Waals surface area contributed by atoms with E-state index in [1.807, 2.05) is 6.08 Å². The highest BCUT2D eigenvalue weighted by Crippen LogP contribution is 2.22. The summed E-state index contributed by atoms with van der Waals surface area (Å²) in [5.74, 6) is -0.346. The van der Waals surface area contributed by atoms with Gasteiger partial charge < -0.3 is 9.84 Å². The van der Waals surface area contributed by atoms with Crippen LogP contribution in [0.1, 0.15) is 78.1 Å². The standard InChI is InChI=1S/C17H30O3/c1-3-4-5-6-7-8-9-10-11-12-13-15-16(18)14(2)20-17(15)19/h13-14,16,18H,3-12H2,1-2H3/b15-13+/t14-,16+/m1/s1. The fourth-order valence-electron chi connectivity index (χ4n) is 2.59. The maximum Gasteiger partial charge on any atom is 0.336 e. The summed E-state index contributed by atoms with van der Waals surface area (Å²) in [5.41, 5.74) is 0.456. The van der Waals surface area contributed by atoms with Crippen molar-refractivity contribution >= 4 is 5.97 Å². The van der Waals surface area contributed by atoms with Gasteiger partial charge in [-0.1, -0.05) is 64.4 Å². The summed E-state index contributed by atoms with van der Waals surface area (Å²) in [6.45, 7) is 3.97. The lowest BCUT2D eigenvalue weighted by atomic mass is 10.0. The molecule has 0 amide bonds. The fourth-order valence-corrected chi connectivity index (χ4v) is 2.59. The predicted octanol–water partition coefficient (Wildman–Crippen LogP) is 4.14. The normalized spacial score (nSPS) is 24.4. The summed E-state index contributed by atoms with van der Waals surface area (Å²) in [6, 6.07) is 0. The molecule has 3 nitrogen and oxygen atoms in total. The van der Waals surface area contributed by atoms with Crippen LogP contribution in [0, 0.1) is 0 Å². The Bertz CT molecular complexity index is 309. The Hall–Kier alpha value is -0.830.